The summed E-state index contributed by atoms with van der Waals surface area (Å²) in [6, 6.07) is 8.45. The van der Waals surface area contributed by atoms with Gasteiger partial charge in [0, 0.05) is 11.6 Å². The molecule has 0 fully saturated rings. The fraction of sp³-hybridized carbons (Fsp3) is 0.278. The standard InChI is InChI=1S/C18H18ClN5O2S/c1-10(2)15-21-22-17-14-9-12(4)24(16(14)20-18(19)23(15)17)27(25,26)13-7-5-11(3)6-8-13/h5-10H,1-4H3. The highest BCUT2D eigenvalue weighted by atomic mass is 35.5. The Bertz CT molecular complexity index is 1290. The quantitative estimate of drug-likeness (QED) is 0.487. The monoisotopic (exact) mass is 403 g/mol. The molecular formula is C18H18ClN5O2S. The number of fused-ring (bicyclic) bond motifs is 3. The molecule has 4 aromatic rings. The van der Waals surface area contributed by atoms with Crippen LogP contribution in [-0.2, 0) is 10.0 Å². The SMILES string of the molecule is Cc1ccc(S(=O)(=O)n2c(C)cc3c2nc(Cl)n2c(C(C)C)nnc32)cc1. The average molecular weight is 404 g/mol. The molecule has 0 aliphatic carbocycles. The molecule has 0 N–H and O–H groups in total. The van der Waals surface area contributed by atoms with E-state index in [1.165, 1.54) is 3.97 Å². The van der Waals surface area contributed by atoms with Gasteiger partial charge in [-0.25, -0.2) is 12.4 Å². The first-order valence-corrected chi connectivity index (χ1v) is 10.3. The molecule has 27 heavy (non-hydrogen) atoms. The van der Waals surface area contributed by atoms with Crippen LogP contribution >= 0.6 is 11.6 Å². The highest BCUT2D eigenvalue weighted by molar-refractivity contribution is 7.90. The lowest BCUT2D eigenvalue weighted by Crippen LogP contribution is -2.15. The molecule has 0 unspecified atom stereocenters. The molecule has 0 saturated carbocycles. The molecule has 3 heterocycles. The normalized spacial score (nSPS) is 12.5. The molecular weight excluding hydrogens is 386 g/mol. The van der Waals surface area contributed by atoms with Gasteiger partial charge < -0.3 is 0 Å². The molecule has 0 spiro atoms. The minimum absolute atomic E-state index is 0.0937. The molecule has 0 aliphatic heterocycles. The zero-order chi connectivity index (χ0) is 19.5. The molecule has 7 nitrogen and oxygen atoms in total. The third-order valence-corrected chi connectivity index (χ3v) is 6.56. The predicted octanol–water partition coefficient (Wildman–Crippen LogP) is 3.71. The van der Waals surface area contributed by atoms with Crippen LogP contribution in [-0.4, -0.2) is 32.0 Å². The van der Waals surface area contributed by atoms with E-state index in [0.29, 0.717) is 22.6 Å². The van der Waals surface area contributed by atoms with Gasteiger partial charge in [0.05, 0.1) is 10.3 Å². The van der Waals surface area contributed by atoms with Crippen molar-refractivity contribution in [3.05, 3.63) is 52.7 Å². The Labute approximate surface area is 161 Å². The number of aryl methyl sites for hydroxylation is 2. The summed E-state index contributed by atoms with van der Waals surface area (Å²) in [4.78, 5) is 4.57. The van der Waals surface area contributed by atoms with E-state index in [2.05, 4.69) is 15.2 Å². The number of hydrogen-bond donors (Lipinski definition) is 0. The van der Waals surface area contributed by atoms with E-state index in [4.69, 9.17) is 11.6 Å². The van der Waals surface area contributed by atoms with Crippen molar-refractivity contribution in [3.8, 4) is 0 Å². The predicted molar refractivity (Wildman–Crippen MR) is 104 cm³/mol. The molecule has 140 valence electrons. The van der Waals surface area contributed by atoms with Gasteiger partial charge in [0.2, 0.25) is 5.28 Å². The fourth-order valence-electron chi connectivity index (χ4n) is 3.16. The maximum absolute atomic E-state index is 13.2. The van der Waals surface area contributed by atoms with Crippen LogP contribution in [0, 0.1) is 13.8 Å². The summed E-state index contributed by atoms with van der Waals surface area (Å²) in [5, 5.41) is 9.15. The van der Waals surface area contributed by atoms with E-state index in [1.54, 1.807) is 41.7 Å². The Hall–Kier alpha value is -2.45. The average Bonchev–Trinajstić information content (AvgIpc) is 3.17. The van der Waals surface area contributed by atoms with Gasteiger partial charge in [-0.05, 0) is 43.6 Å². The Kier molecular flexibility index (Phi) is 4.01. The molecule has 1 aromatic carbocycles. The third kappa shape index (κ3) is 2.62. The summed E-state index contributed by atoms with van der Waals surface area (Å²) in [5.41, 5.74) is 2.25. The second-order valence-electron chi connectivity index (χ2n) is 6.86. The minimum Gasteiger partial charge on any atom is -0.252 e. The molecule has 0 amide bonds. The minimum atomic E-state index is -3.83. The van der Waals surface area contributed by atoms with Crippen LogP contribution in [0.2, 0.25) is 5.28 Å². The summed E-state index contributed by atoms with van der Waals surface area (Å²) < 4.78 is 29.4. The van der Waals surface area contributed by atoms with Crippen molar-refractivity contribution >= 4 is 38.3 Å². The molecule has 0 bridgehead atoms. The van der Waals surface area contributed by atoms with Crippen LogP contribution in [0.15, 0.2) is 35.2 Å². The Morgan fingerprint density at radius 3 is 2.33 bits per heavy atom. The van der Waals surface area contributed by atoms with Crippen LogP contribution in [0.1, 0.15) is 36.8 Å². The lowest BCUT2D eigenvalue weighted by Gasteiger charge is -2.10. The second-order valence-corrected chi connectivity index (χ2v) is 8.98. The summed E-state index contributed by atoms with van der Waals surface area (Å²) >= 11 is 6.39. The molecule has 3 aromatic heterocycles. The van der Waals surface area contributed by atoms with Gasteiger partial charge in [-0.1, -0.05) is 31.5 Å². The van der Waals surface area contributed by atoms with Crippen molar-refractivity contribution in [2.24, 2.45) is 0 Å². The smallest absolute Gasteiger partial charge is 0.252 e. The third-order valence-electron chi connectivity index (χ3n) is 4.49. The molecule has 9 heteroatoms. The van der Waals surface area contributed by atoms with Crippen molar-refractivity contribution in [1.82, 2.24) is 23.6 Å². The van der Waals surface area contributed by atoms with Crippen LogP contribution in [0.25, 0.3) is 16.7 Å². The van der Waals surface area contributed by atoms with E-state index >= 15 is 0 Å². The summed E-state index contributed by atoms with van der Waals surface area (Å²) in [6.45, 7) is 7.59. The maximum atomic E-state index is 13.2. The molecule has 0 radical (unpaired) electrons. The van der Waals surface area contributed by atoms with E-state index in [9.17, 15) is 8.42 Å². The number of nitrogens with zero attached hydrogens (tertiary/aromatic N) is 5. The fourth-order valence-corrected chi connectivity index (χ4v) is 4.90. The van der Waals surface area contributed by atoms with Crippen LogP contribution in [0.5, 0.6) is 0 Å². The lowest BCUT2D eigenvalue weighted by molar-refractivity contribution is 0.587. The topological polar surface area (TPSA) is 82.2 Å². The van der Waals surface area contributed by atoms with Crippen molar-refractivity contribution in [2.45, 2.75) is 38.5 Å². The van der Waals surface area contributed by atoms with Gasteiger partial charge >= 0.3 is 0 Å². The van der Waals surface area contributed by atoms with Gasteiger partial charge in [-0.3, -0.25) is 4.40 Å². The van der Waals surface area contributed by atoms with Crippen LogP contribution in [0.4, 0.5) is 0 Å². The Morgan fingerprint density at radius 1 is 1.04 bits per heavy atom. The van der Waals surface area contributed by atoms with Gasteiger partial charge in [-0.15, -0.1) is 10.2 Å². The first kappa shape index (κ1) is 17.9. The first-order valence-electron chi connectivity index (χ1n) is 8.46. The number of benzene rings is 1. The lowest BCUT2D eigenvalue weighted by atomic mass is 10.2. The van der Waals surface area contributed by atoms with Gasteiger partial charge in [0.1, 0.15) is 5.82 Å². The first-order chi connectivity index (χ1) is 12.7. The zero-order valence-electron chi connectivity index (χ0n) is 15.3. The van der Waals surface area contributed by atoms with Crippen molar-refractivity contribution < 1.29 is 8.42 Å². The molecule has 0 aliphatic rings. The molecule has 0 atom stereocenters. The number of halogens is 1. The largest absolute Gasteiger partial charge is 0.269 e. The zero-order valence-corrected chi connectivity index (χ0v) is 16.9. The second kappa shape index (κ2) is 6.03. The maximum Gasteiger partial charge on any atom is 0.269 e. The Morgan fingerprint density at radius 2 is 1.70 bits per heavy atom. The van der Waals surface area contributed by atoms with Gasteiger partial charge in [0.25, 0.3) is 10.0 Å². The molecule has 4 rings (SSSR count). The van der Waals surface area contributed by atoms with Crippen LogP contribution < -0.4 is 0 Å². The number of hydrogen-bond acceptors (Lipinski definition) is 5. The van der Waals surface area contributed by atoms with Gasteiger partial charge in [0.15, 0.2) is 11.3 Å². The van der Waals surface area contributed by atoms with Crippen molar-refractivity contribution in [1.29, 1.82) is 0 Å². The number of aromatic nitrogens is 5. The number of rotatable bonds is 3. The Balaban J connectivity index is 2.06. The van der Waals surface area contributed by atoms with Gasteiger partial charge in [-0.2, -0.15) is 4.98 Å². The summed E-state index contributed by atoms with van der Waals surface area (Å²) in [7, 11) is -3.83. The van der Waals surface area contributed by atoms with E-state index in [0.717, 1.165) is 5.56 Å². The highest BCUT2D eigenvalue weighted by Gasteiger charge is 2.26. The van der Waals surface area contributed by atoms with E-state index in [1.807, 2.05) is 20.8 Å². The van der Waals surface area contributed by atoms with Crippen molar-refractivity contribution in [3.63, 3.8) is 0 Å². The van der Waals surface area contributed by atoms with E-state index in [-0.39, 0.29) is 21.7 Å². The summed E-state index contributed by atoms with van der Waals surface area (Å²) in [6.07, 6.45) is 0. The van der Waals surface area contributed by atoms with E-state index < -0.39 is 10.0 Å². The molecule has 0 saturated heterocycles. The van der Waals surface area contributed by atoms with Crippen molar-refractivity contribution in [2.75, 3.05) is 0 Å². The summed E-state index contributed by atoms with van der Waals surface area (Å²) in [5.74, 6) is 0.771. The van der Waals surface area contributed by atoms with Crippen LogP contribution in [0.3, 0.4) is 0 Å². The highest BCUT2D eigenvalue weighted by Crippen LogP contribution is 2.30.